The lowest BCUT2D eigenvalue weighted by molar-refractivity contribution is -0.402. The van der Waals surface area contributed by atoms with Gasteiger partial charge >= 0.3 is 5.88 Å². The average molecular weight is 296 g/mol. The zero-order chi connectivity index (χ0) is 14.8. The van der Waals surface area contributed by atoms with E-state index < -0.39 is 22.3 Å². The lowest BCUT2D eigenvalue weighted by Crippen LogP contribution is -2.37. The second kappa shape index (κ2) is 5.43. The van der Waals surface area contributed by atoms with Gasteiger partial charge in [0.15, 0.2) is 5.76 Å². The standard InChI is InChI=1S/C12H12N2O5S/c1-12(16,9-3-2-6-20-9)7-13-11(15)8-4-5-10(19-8)14(17)18/h2-6,16H,7H2,1H3,(H,13,15)/t12-/m0/s1. The first-order chi connectivity index (χ1) is 9.40. The van der Waals surface area contributed by atoms with Crippen molar-refractivity contribution >= 4 is 23.1 Å². The van der Waals surface area contributed by atoms with Gasteiger partial charge in [-0.2, -0.15) is 0 Å². The molecule has 2 aromatic rings. The van der Waals surface area contributed by atoms with Crippen molar-refractivity contribution in [1.29, 1.82) is 0 Å². The van der Waals surface area contributed by atoms with Gasteiger partial charge in [0.2, 0.25) is 0 Å². The molecule has 0 radical (unpaired) electrons. The third-order valence-corrected chi connectivity index (χ3v) is 3.76. The SMILES string of the molecule is C[C@](O)(CNC(=O)c1ccc([N+](=O)[O-])o1)c1cccs1. The Labute approximate surface area is 118 Å². The summed E-state index contributed by atoms with van der Waals surface area (Å²) < 4.78 is 4.77. The third kappa shape index (κ3) is 3.03. The number of aliphatic hydroxyl groups is 1. The fourth-order valence-electron chi connectivity index (χ4n) is 1.56. The first-order valence-corrected chi connectivity index (χ1v) is 6.57. The van der Waals surface area contributed by atoms with Crippen LogP contribution < -0.4 is 5.32 Å². The number of carbonyl (C=O) groups excluding carboxylic acids is 1. The van der Waals surface area contributed by atoms with E-state index in [0.29, 0.717) is 4.88 Å². The van der Waals surface area contributed by atoms with E-state index >= 15 is 0 Å². The van der Waals surface area contributed by atoms with Gasteiger partial charge in [-0.3, -0.25) is 14.9 Å². The summed E-state index contributed by atoms with van der Waals surface area (Å²) in [6, 6.07) is 5.88. The summed E-state index contributed by atoms with van der Waals surface area (Å²) in [5.74, 6) is -1.28. The average Bonchev–Trinajstić information content (AvgIpc) is 3.06. The van der Waals surface area contributed by atoms with Crippen LogP contribution in [0.5, 0.6) is 0 Å². The molecule has 1 amide bonds. The maximum atomic E-state index is 11.8. The number of hydrogen-bond acceptors (Lipinski definition) is 6. The first-order valence-electron chi connectivity index (χ1n) is 5.69. The van der Waals surface area contributed by atoms with Crippen molar-refractivity contribution < 1.29 is 19.2 Å². The lowest BCUT2D eigenvalue weighted by Gasteiger charge is -2.21. The number of carbonyl (C=O) groups is 1. The predicted octanol–water partition coefficient (Wildman–Crippen LogP) is 1.89. The predicted molar refractivity (Wildman–Crippen MR) is 71.6 cm³/mol. The van der Waals surface area contributed by atoms with Gasteiger partial charge < -0.3 is 14.8 Å². The van der Waals surface area contributed by atoms with E-state index in [0.717, 1.165) is 6.07 Å². The summed E-state index contributed by atoms with van der Waals surface area (Å²) in [4.78, 5) is 22.2. The van der Waals surface area contributed by atoms with Crippen LogP contribution in [0.15, 0.2) is 34.1 Å². The molecule has 2 rings (SSSR count). The molecule has 2 N–H and O–H groups in total. The van der Waals surface area contributed by atoms with Crippen LogP contribution in [-0.4, -0.2) is 22.5 Å². The van der Waals surface area contributed by atoms with Crippen LogP contribution in [-0.2, 0) is 5.60 Å². The highest BCUT2D eigenvalue weighted by Gasteiger charge is 2.26. The number of rotatable bonds is 5. The molecular weight excluding hydrogens is 284 g/mol. The van der Waals surface area contributed by atoms with E-state index in [-0.39, 0.29) is 12.3 Å². The molecule has 1 atom stereocenters. The molecule has 106 valence electrons. The summed E-state index contributed by atoms with van der Waals surface area (Å²) in [7, 11) is 0. The van der Waals surface area contributed by atoms with E-state index in [1.54, 1.807) is 19.1 Å². The van der Waals surface area contributed by atoms with Gasteiger partial charge in [-0.25, -0.2) is 0 Å². The molecule has 0 aromatic carbocycles. The van der Waals surface area contributed by atoms with Crippen LogP contribution in [0.1, 0.15) is 22.4 Å². The molecule has 0 saturated heterocycles. The quantitative estimate of drug-likeness (QED) is 0.647. The van der Waals surface area contributed by atoms with Gasteiger partial charge in [0.1, 0.15) is 10.5 Å². The molecule has 0 saturated carbocycles. The number of hydrogen-bond donors (Lipinski definition) is 2. The van der Waals surface area contributed by atoms with E-state index in [1.807, 2.05) is 5.38 Å². The van der Waals surface area contributed by atoms with Crippen molar-refractivity contribution in [1.82, 2.24) is 5.32 Å². The Morgan fingerprint density at radius 1 is 1.55 bits per heavy atom. The monoisotopic (exact) mass is 296 g/mol. The highest BCUT2D eigenvalue weighted by atomic mass is 32.1. The molecule has 0 fully saturated rings. The van der Waals surface area contributed by atoms with Crippen molar-refractivity contribution in [2.75, 3.05) is 6.54 Å². The Bertz CT molecular complexity index is 618. The van der Waals surface area contributed by atoms with Gasteiger partial charge in [-0.1, -0.05) is 6.07 Å². The summed E-state index contributed by atoms with van der Waals surface area (Å²) >= 11 is 1.37. The molecule has 0 aliphatic rings. The minimum absolute atomic E-state index is 0.0269. The van der Waals surface area contributed by atoms with Crippen LogP contribution in [0, 0.1) is 10.1 Å². The molecule has 2 aromatic heterocycles. The highest BCUT2D eigenvalue weighted by Crippen LogP contribution is 2.24. The first kappa shape index (κ1) is 14.2. The summed E-state index contributed by atoms with van der Waals surface area (Å²) in [6.45, 7) is 1.55. The Kier molecular flexibility index (Phi) is 3.86. The smallest absolute Gasteiger partial charge is 0.395 e. The number of nitro groups is 1. The molecular formula is C12H12N2O5S. The Balaban J connectivity index is 1.99. The minimum Gasteiger partial charge on any atom is -0.395 e. The zero-order valence-electron chi connectivity index (χ0n) is 10.5. The van der Waals surface area contributed by atoms with E-state index in [2.05, 4.69) is 5.32 Å². The summed E-state index contributed by atoms with van der Waals surface area (Å²) in [5.41, 5.74) is -1.21. The van der Waals surface area contributed by atoms with Crippen LogP contribution in [0.3, 0.4) is 0 Å². The maximum absolute atomic E-state index is 11.8. The molecule has 8 heteroatoms. The Hall–Kier alpha value is -2.19. The van der Waals surface area contributed by atoms with E-state index in [9.17, 15) is 20.0 Å². The molecule has 2 heterocycles. The van der Waals surface area contributed by atoms with Crippen molar-refractivity contribution in [2.45, 2.75) is 12.5 Å². The Morgan fingerprint density at radius 2 is 2.30 bits per heavy atom. The largest absolute Gasteiger partial charge is 0.433 e. The lowest BCUT2D eigenvalue weighted by atomic mass is 10.1. The number of amides is 1. The van der Waals surface area contributed by atoms with Crippen LogP contribution in [0.4, 0.5) is 5.88 Å². The molecule has 0 bridgehead atoms. The topological polar surface area (TPSA) is 106 Å². The second-order valence-electron chi connectivity index (χ2n) is 4.33. The van der Waals surface area contributed by atoms with Crippen LogP contribution >= 0.6 is 11.3 Å². The summed E-state index contributed by atoms with van der Waals surface area (Å²) in [6.07, 6.45) is 0. The third-order valence-electron chi connectivity index (χ3n) is 2.64. The van der Waals surface area contributed by atoms with Gasteiger partial charge in [0.05, 0.1) is 12.6 Å². The zero-order valence-corrected chi connectivity index (χ0v) is 11.3. The number of nitrogens with zero attached hydrogens (tertiary/aromatic N) is 1. The maximum Gasteiger partial charge on any atom is 0.433 e. The van der Waals surface area contributed by atoms with Crippen molar-refractivity contribution in [3.63, 3.8) is 0 Å². The van der Waals surface area contributed by atoms with Gasteiger partial charge in [0, 0.05) is 4.88 Å². The normalized spacial score (nSPS) is 13.7. The van der Waals surface area contributed by atoms with Gasteiger partial charge in [0.25, 0.3) is 5.91 Å². The number of nitrogens with one attached hydrogen (secondary N) is 1. The fourth-order valence-corrected chi connectivity index (χ4v) is 2.35. The van der Waals surface area contributed by atoms with E-state index in [1.165, 1.54) is 17.4 Å². The van der Waals surface area contributed by atoms with Crippen LogP contribution in [0.25, 0.3) is 0 Å². The molecule has 7 nitrogen and oxygen atoms in total. The minimum atomic E-state index is -1.21. The van der Waals surface area contributed by atoms with Crippen molar-refractivity contribution in [3.05, 3.63) is 50.4 Å². The number of thiophene rings is 1. The number of furan rings is 1. The Morgan fingerprint density at radius 3 is 2.85 bits per heavy atom. The van der Waals surface area contributed by atoms with Gasteiger partial charge in [-0.05, 0) is 24.4 Å². The second-order valence-corrected chi connectivity index (χ2v) is 5.28. The molecule has 20 heavy (non-hydrogen) atoms. The molecule has 0 unspecified atom stereocenters. The molecule has 0 aliphatic heterocycles. The van der Waals surface area contributed by atoms with Crippen molar-refractivity contribution in [3.8, 4) is 0 Å². The van der Waals surface area contributed by atoms with Crippen LogP contribution in [0.2, 0.25) is 0 Å². The van der Waals surface area contributed by atoms with E-state index in [4.69, 9.17) is 4.42 Å². The summed E-state index contributed by atoms with van der Waals surface area (Å²) in [5, 5.41) is 25.0. The molecule has 0 spiro atoms. The highest BCUT2D eigenvalue weighted by molar-refractivity contribution is 7.10. The molecule has 0 aliphatic carbocycles. The fraction of sp³-hybridized carbons (Fsp3) is 0.250. The van der Waals surface area contributed by atoms with Crippen molar-refractivity contribution in [2.24, 2.45) is 0 Å². The van der Waals surface area contributed by atoms with Gasteiger partial charge in [-0.15, -0.1) is 11.3 Å².